The number of thioether (sulfide) groups is 1. The zero-order chi connectivity index (χ0) is 19.5. The van der Waals surface area contributed by atoms with Crippen LogP contribution in [-0.4, -0.2) is 62.3 Å². The van der Waals surface area contributed by atoms with Crippen LogP contribution < -0.4 is 0 Å². The van der Waals surface area contributed by atoms with E-state index in [4.69, 9.17) is 9.51 Å². The molecule has 1 aliphatic rings. The van der Waals surface area contributed by atoms with Gasteiger partial charge in [-0.2, -0.15) is 0 Å². The van der Waals surface area contributed by atoms with Crippen molar-refractivity contribution in [2.75, 3.05) is 31.9 Å². The maximum Gasteiger partial charge on any atom is 0.233 e. The molecule has 1 aromatic carbocycles. The SMILES string of the molecule is CCn1c(SCC(=O)N2CCN(Cc3cc(C)no3)CC2)nc2ccccc21. The summed E-state index contributed by atoms with van der Waals surface area (Å²) in [4.78, 5) is 21.6. The average molecular weight is 400 g/mol. The molecular weight excluding hydrogens is 374 g/mol. The lowest BCUT2D eigenvalue weighted by molar-refractivity contribution is -0.130. The molecule has 1 saturated heterocycles. The number of hydrogen-bond donors (Lipinski definition) is 0. The molecule has 0 bridgehead atoms. The molecule has 0 atom stereocenters. The second-order valence-corrected chi connectivity index (χ2v) is 7.95. The van der Waals surface area contributed by atoms with Crippen molar-refractivity contribution in [3.8, 4) is 0 Å². The van der Waals surface area contributed by atoms with Crippen LogP contribution in [0.1, 0.15) is 18.4 Å². The highest BCUT2D eigenvalue weighted by atomic mass is 32.2. The van der Waals surface area contributed by atoms with Crippen LogP contribution in [0.4, 0.5) is 0 Å². The minimum absolute atomic E-state index is 0.176. The Morgan fingerprint density at radius 1 is 1.21 bits per heavy atom. The lowest BCUT2D eigenvalue weighted by Gasteiger charge is -2.34. The van der Waals surface area contributed by atoms with Gasteiger partial charge in [0.05, 0.1) is 29.0 Å². The third kappa shape index (κ3) is 4.07. The van der Waals surface area contributed by atoms with Crippen LogP contribution in [0.2, 0.25) is 0 Å². The number of para-hydroxylation sites is 2. The first-order chi connectivity index (χ1) is 13.6. The van der Waals surface area contributed by atoms with Crippen LogP contribution in [-0.2, 0) is 17.9 Å². The quantitative estimate of drug-likeness (QED) is 0.594. The molecule has 0 saturated carbocycles. The van der Waals surface area contributed by atoms with Gasteiger partial charge in [-0.1, -0.05) is 29.1 Å². The van der Waals surface area contributed by atoms with Crippen molar-refractivity contribution in [1.29, 1.82) is 0 Å². The molecule has 7 nitrogen and oxygen atoms in total. The fourth-order valence-corrected chi connectivity index (χ4v) is 4.53. The summed E-state index contributed by atoms with van der Waals surface area (Å²) in [5.41, 5.74) is 3.01. The van der Waals surface area contributed by atoms with E-state index in [0.717, 1.165) is 66.9 Å². The molecule has 1 aliphatic heterocycles. The van der Waals surface area contributed by atoms with Gasteiger partial charge in [-0.15, -0.1) is 0 Å². The molecule has 0 N–H and O–H groups in total. The number of carbonyl (C=O) groups excluding carboxylic acids is 1. The molecule has 1 fully saturated rings. The van der Waals surface area contributed by atoms with Gasteiger partial charge in [0.25, 0.3) is 0 Å². The molecule has 0 radical (unpaired) electrons. The van der Waals surface area contributed by atoms with Crippen molar-refractivity contribution in [2.45, 2.75) is 32.1 Å². The number of imidazole rings is 1. The van der Waals surface area contributed by atoms with Crippen LogP contribution in [0.15, 0.2) is 40.0 Å². The Labute approximate surface area is 168 Å². The van der Waals surface area contributed by atoms with Crippen LogP contribution in [0.5, 0.6) is 0 Å². The molecule has 3 heterocycles. The van der Waals surface area contributed by atoms with E-state index in [1.165, 1.54) is 11.8 Å². The monoisotopic (exact) mass is 399 g/mol. The Balaban J connectivity index is 1.30. The van der Waals surface area contributed by atoms with Crippen LogP contribution >= 0.6 is 11.8 Å². The maximum absolute atomic E-state index is 12.7. The molecule has 8 heteroatoms. The number of aromatic nitrogens is 3. The summed E-state index contributed by atoms with van der Waals surface area (Å²) in [6.07, 6.45) is 0. The Morgan fingerprint density at radius 2 is 2.00 bits per heavy atom. The van der Waals surface area contributed by atoms with E-state index in [1.807, 2.05) is 36.1 Å². The third-order valence-electron chi connectivity index (χ3n) is 5.04. The van der Waals surface area contributed by atoms with E-state index in [0.29, 0.717) is 5.75 Å². The zero-order valence-corrected chi connectivity index (χ0v) is 17.1. The Hall–Kier alpha value is -2.32. The summed E-state index contributed by atoms with van der Waals surface area (Å²) in [5, 5.41) is 4.84. The summed E-state index contributed by atoms with van der Waals surface area (Å²) in [6.45, 7) is 8.82. The molecule has 2 aromatic heterocycles. The predicted octanol–water partition coefficient (Wildman–Crippen LogP) is 2.79. The molecule has 28 heavy (non-hydrogen) atoms. The predicted molar refractivity (Wildman–Crippen MR) is 109 cm³/mol. The summed E-state index contributed by atoms with van der Waals surface area (Å²) in [6, 6.07) is 10.1. The Bertz CT molecular complexity index is 959. The van der Waals surface area contributed by atoms with E-state index in [9.17, 15) is 4.79 Å². The number of fused-ring (bicyclic) bond motifs is 1. The lowest BCUT2D eigenvalue weighted by atomic mass is 10.3. The van der Waals surface area contributed by atoms with E-state index < -0.39 is 0 Å². The summed E-state index contributed by atoms with van der Waals surface area (Å²) >= 11 is 1.53. The minimum Gasteiger partial charge on any atom is -0.360 e. The van der Waals surface area contributed by atoms with Gasteiger partial charge in [-0.25, -0.2) is 4.98 Å². The fourth-order valence-electron chi connectivity index (χ4n) is 3.55. The second-order valence-electron chi connectivity index (χ2n) is 7.01. The van der Waals surface area contributed by atoms with Crippen LogP contribution in [0.25, 0.3) is 11.0 Å². The van der Waals surface area contributed by atoms with E-state index in [2.05, 4.69) is 27.6 Å². The summed E-state index contributed by atoms with van der Waals surface area (Å²) < 4.78 is 7.46. The number of nitrogens with zero attached hydrogens (tertiary/aromatic N) is 5. The number of rotatable bonds is 6. The highest BCUT2D eigenvalue weighted by Crippen LogP contribution is 2.24. The normalized spacial score (nSPS) is 15.4. The second kappa shape index (κ2) is 8.36. The first kappa shape index (κ1) is 19.0. The molecule has 148 valence electrons. The van der Waals surface area contributed by atoms with Crippen molar-refractivity contribution in [3.05, 3.63) is 41.8 Å². The van der Waals surface area contributed by atoms with Gasteiger partial charge in [0, 0.05) is 38.8 Å². The molecule has 3 aromatic rings. The highest BCUT2D eigenvalue weighted by molar-refractivity contribution is 7.99. The van der Waals surface area contributed by atoms with Gasteiger partial charge in [-0.3, -0.25) is 9.69 Å². The average Bonchev–Trinajstić information content (AvgIpc) is 3.29. The molecule has 0 spiro atoms. The van der Waals surface area contributed by atoms with E-state index in [1.54, 1.807) is 0 Å². The lowest BCUT2D eigenvalue weighted by Crippen LogP contribution is -2.48. The third-order valence-corrected chi connectivity index (χ3v) is 6.00. The summed E-state index contributed by atoms with van der Waals surface area (Å²) in [7, 11) is 0. The van der Waals surface area contributed by atoms with Gasteiger partial charge >= 0.3 is 0 Å². The van der Waals surface area contributed by atoms with Gasteiger partial charge in [0.15, 0.2) is 10.9 Å². The zero-order valence-electron chi connectivity index (χ0n) is 16.3. The molecule has 0 aliphatic carbocycles. The van der Waals surface area contributed by atoms with Gasteiger partial charge in [0.1, 0.15) is 0 Å². The first-order valence-electron chi connectivity index (χ1n) is 9.64. The minimum atomic E-state index is 0.176. The molecule has 0 unspecified atom stereocenters. The molecule has 1 amide bonds. The van der Waals surface area contributed by atoms with E-state index >= 15 is 0 Å². The van der Waals surface area contributed by atoms with Crippen molar-refractivity contribution >= 4 is 28.7 Å². The largest absolute Gasteiger partial charge is 0.360 e. The maximum atomic E-state index is 12.7. The fraction of sp³-hybridized carbons (Fsp3) is 0.450. The van der Waals surface area contributed by atoms with Crippen LogP contribution in [0.3, 0.4) is 0 Å². The van der Waals surface area contributed by atoms with Gasteiger partial charge in [0.2, 0.25) is 5.91 Å². The van der Waals surface area contributed by atoms with Crippen molar-refractivity contribution in [3.63, 3.8) is 0 Å². The van der Waals surface area contributed by atoms with Gasteiger partial charge < -0.3 is 14.0 Å². The van der Waals surface area contributed by atoms with Crippen molar-refractivity contribution in [2.24, 2.45) is 0 Å². The smallest absolute Gasteiger partial charge is 0.233 e. The highest BCUT2D eigenvalue weighted by Gasteiger charge is 2.22. The number of amides is 1. The Kier molecular flexibility index (Phi) is 5.68. The van der Waals surface area contributed by atoms with Gasteiger partial charge in [-0.05, 0) is 26.0 Å². The first-order valence-corrected chi connectivity index (χ1v) is 10.6. The molecular formula is C20H25N5O2S. The number of carbonyl (C=O) groups is 1. The number of hydrogen-bond acceptors (Lipinski definition) is 6. The van der Waals surface area contributed by atoms with Crippen LogP contribution in [0, 0.1) is 6.92 Å². The van der Waals surface area contributed by atoms with Crippen molar-refractivity contribution < 1.29 is 9.32 Å². The number of aryl methyl sites for hydroxylation is 2. The standard InChI is InChI=1S/C20H25N5O2S/c1-3-25-18-7-5-4-6-17(18)21-20(25)28-14-19(26)24-10-8-23(9-11-24)13-16-12-15(2)22-27-16/h4-7,12H,3,8-11,13-14H2,1-2H3. The number of piperazine rings is 1. The number of benzene rings is 1. The molecule has 4 rings (SSSR count). The van der Waals surface area contributed by atoms with E-state index in [-0.39, 0.29) is 5.91 Å². The topological polar surface area (TPSA) is 67.4 Å². The van der Waals surface area contributed by atoms with Crippen molar-refractivity contribution in [1.82, 2.24) is 24.5 Å². The summed E-state index contributed by atoms with van der Waals surface area (Å²) in [5.74, 6) is 1.48. The Morgan fingerprint density at radius 3 is 2.71 bits per heavy atom.